The average Bonchev–Trinajstić information content (AvgIpc) is 3.30. The Bertz CT molecular complexity index is 976. The Hall–Kier alpha value is -2.41. The van der Waals surface area contributed by atoms with Gasteiger partial charge in [0.1, 0.15) is 5.82 Å². The molecule has 1 saturated carbocycles. The zero-order valence-corrected chi connectivity index (χ0v) is 12.9. The van der Waals surface area contributed by atoms with Crippen molar-refractivity contribution in [1.29, 1.82) is 0 Å². The van der Waals surface area contributed by atoms with Crippen molar-refractivity contribution in [3.63, 3.8) is 0 Å². The van der Waals surface area contributed by atoms with Crippen LogP contribution in [0.2, 0.25) is 0 Å². The summed E-state index contributed by atoms with van der Waals surface area (Å²) in [7, 11) is -3.26. The smallest absolute Gasteiger partial charge is 0.235 e. The van der Waals surface area contributed by atoms with Gasteiger partial charge in [0.15, 0.2) is 0 Å². The predicted octanol–water partition coefficient (Wildman–Crippen LogP) is 3.27. The van der Waals surface area contributed by atoms with Crippen molar-refractivity contribution in [3.05, 3.63) is 48.3 Å². The molecule has 0 radical (unpaired) electrons. The van der Waals surface area contributed by atoms with Crippen molar-refractivity contribution < 1.29 is 12.8 Å². The summed E-state index contributed by atoms with van der Waals surface area (Å²) < 4.78 is 39.6. The minimum absolute atomic E-state index is 0.257. The molecule has 1 aromatic heterocycles. The standard InChI is InChI=1S/C16H14FN3O2S/c17-11-3-8-14-15(9-11)18-19-16(14)10-1-4-12(5-2-10)20-23(21,22)13-6-7-13/h1-5,8-9,13,20H,6-7H2,(H,18,19). The van der Waals surface area contributed by atoms with E-state index in [0.717, 1.165) is 23.8 Å². The Balaban J connectivity index is 1.64. The number of sulfonamides is 1. The SMILES string of the molecule is O=S(=O)(Nc1ccc(-c2n[nH]c3cc(F)ccc23)cc1)C1CC1. The van der Waals surface area contributed by atoms with Crippen LogP contribution in [0.5, 0.6) is 0 Å². The molecule has 0 bridgehead atoms. The number of rotatable bonds is 4. The zero-order chi connectivity index (χ0) is 16.0. The lowest BCUT2D eigenvalue weighted by Gasteiger charge is -2.07. The Morgan fingerprint density at radius 1 is 1.13 bits per heavy atom. The molecule has 1 fully saturated rings. The summed E-state index contributed by atoms with van der Waals surface area (Å²) in [6.07, 6.45) is 1.45. The number of fused-ring (bicyclic) bond motifs is 1. The first-order valence-electron chi connectivity index (χ1n) is 7.29. The molecule has 5 nitrogen and oxygen atoms in total. The van der Waals surface area contributed by atoms with Crippen molar-refractivity contribution in [1.82, 2.24) is 10.2 Å². The van der Waals surface area contributed by atoms with Crippen LogP contribution in [-0.4, -0.2) is 23.9 Å². The van der Waals surface area contributed by atoms with Gasteiger partial charge in [0.25, 0.3) is 0 Å². The summed E-state index contributed by atoms with van der Waals surface area (Å²) in [5.74, 6) is -0.322. The Kier molecular flexibility index (Phi) is 3.12. The molecule has 2 aromatic carbocycles. The first-order chi connectivity index (χ1) is 11.0. The van der Waals surface area contributed by atoms with Gasteiger partial charge in [-0.1, -0.05) is 12.1 Å². The molecule has 23 heavy (non-hydrogen) atoms. The molecule has 3 aromatic rings. The van der Waals surface area contributed by atoms with Crippen molar-refractivity contribution in [2.45, 2.75) is 18.1 Å². The van der Waals surface area contributed by atoms with E-state index in [1.165, 1.54) is 12.1 Å². The van der Waals surface area contributed by atoms with Crippen molar-refractivity contribution in [2.24, 2.45) is 0 Å². The zero-order valence-electron chi connectivity index (χ0n) is 12.1. The highest BCUT2D eigenvalue weighted by molar-refractivity contribution is 7.93. The second-order valence-corrected chi connectivity index (χ2v) is 7.65. The third-order valence-corrected chi connectivity index (χ3v) is 5.78. The fourth-order valence-electron chi connectivity index (χ4n) is 2.53. The van der Waals surface area contributed by atoms with Gasteiger partial charge in [-0.25, -0.2) is 12.8 Å². The van der Waals surface area contributed by atoms with E-state index >= 15 is 0 Å². The normalized spacial score (nSPS) is 15.0. The number of hydrogen-bond donors (Lipinski definition) is 2. The highest BCUT2D eigenvalue weighted by atomic mass is 32.2. The summed E-state index contributed by atoms with van der Waals surface area (Å²) in [6.45, 7) is 0. The van der Waals surface area contributed by atoms with Crippen LogP contribution >= 0.6 is 0 Å². The molecule has 0 aliphatic heterocycles. The van der Waals surface area contributed by atoms with E-state index in [0.29, 0.717) is 16.9 Å². The van der Waals surface area contributed by atoms with Gasteiger partial charge in [-0.15, -0.1) is 0 Å². The maximum atomic E-state index is 13.2. The van der Waals surface area contributed by atoms with Crippen molar-refractivity contribution in [3.8, 4) is 11.3 Å². The molecular weight excluding hydrogens is 317 g/mol. The maximum absolute atomic E-state index is 13.2. The molecule has 118 valence electrons. The third-order valence-electron chi connectivity index (χ3n) is 3.91. The van der Waals surface area contributed by atoms with E-state index in [-0.39, 0.29) is 11.1 Å². The second-order valence-electron chi connectivity index (χ2n) is 5.69. The number of aromatic amines is 1. The number of H-pyrrole nitrogens is 1. The number of halogens is 1. The summed E-state index contributed by atoms with van der Waals surface area (Å²) in [6, 6.07) is 11.5. The van der Waals surface area contributed by atoms with Gasteiger partial charge in [-0.2, -0.15) is 5.10 Å². The lowest BCUT2D eigenvalue weighted by atomic mass is 10.1. The van der Waals surface area contributed by atoms with Gasteiger partial charge in [0, 0.05) is 16.6 Å². The molecule has 4 rings (SSSR count). The first kappa shape index (κ1) is 14.2. The largest absolute Gasteiger partial charge is 0.283 e. The van der Waals surface area contributed by atoms with E-state index in [1.807, 2.05) is 0 Å². The number of nitrogens with zero attached hydrogens (tertiary/aromatic N) is 1. The van der Waals surface area contributed by atoms with E-state index in [4.69, 9.17) is 0 Å². The minimum Gasteiger partial charge on any atom is -0.283 e. The molecule has 1 aliphatic rings. The minimum atomic E-state index is -3.26. The number of nitrogens with one attached hydrogen (secondary N) is 2. The van der Waals surface area contributed by atoms with Crippen LogP contribution < -0.4 is 4.72 Å². The van der Waals surface area contributed by atoms with Gasteiger partial charge in [0.2, 0.25) is 10.0 Å². The summed E-state index contributed by atoms with van der Waals surface area (Å²) in [4.78, 5) is 0. The maximum Gasteiger partial charge on any atom is 0.235 e. The molecule has 7 heteroatoms. The van der Waals surface area contributed by atoms with Crippen LogP contribution in [0.3, 0.4) is 0 Å². The van der Waals surface area contributed by atoms with Crippen LogP contribution in [-0.2, 0) is 10.0 Å². The summed E-state index contributed by atoms with van der Waals surface area (Å²) in [5, 5.41) is 7.58. The molecule has 0 saturated heterocycles. The quantitative estimate of drug-likeness (QED) is 0.770. The number of hydrogen-bond acceptors (Lipinski definition) is 3. The molecule has 0 unspecified atom stereocenters. The Labute approximate surface area is 132 Å². The third kappa shape index (κ3) is 2.68. The Morgan fingerprint density at radius 2 is 1.87 bits per heavy atom. The molecule has 2 N–H and O–H groups in total. The fourth-order valence-corrected chi connectivity index (χ4v) is 3.92. The predicted molar refractivity (Wildman–Crippen MR) is 87.1 cm³/mol. The molecule has 1 aliphatic carbocycles. The van der Waals surface area contributed by atoms with Gasteiger partial charge >= 0.3 is 0 Å². The van der Waals surface area contributed by atoms with E-state index in [9.17, 15) is 12.8 Å². The molecule has 0 atom stereocenters. The van der Waals surface area contributed by atoms with E-state index in [2.05, 4.69) is 14.9 Å². The van der Waals surface area contributed by atoms with Gasteiger partial charge < -0.3 is 0 Å². The van der Waals surface area contributed by atoms with Gasteiger partial charge in [-0.3, -0.25) is 9.82 Å². The van der Waals surface area contributed by atoms with E-state index in [1.54, 1.807) is 30.3 Å². The van der Waals surface area contributed by atoms with Crippen LogP contribution in [0.1, 0.15) is 12.8 Å². The second kappa shape index (κ2) is 5.06. The van der Waals surface area contributed by atoms with Crippen LogP contribution in [0.25, 0.3) is 22.2 Å². The first-order valence-corrected chi connectivity index (χ1v) is 8.83. The van der Waals surface area contributed by atoms with Crippen LogP contribution in [0.4, 0.5) is 10.1 Å². The topological polar surface area (TPSA) is 74.8 Å². The summed E-state index contributed by atoms with van der Waals surface area (Å²) in [5.41, 5.74) is 2.69. The van der Waals surface area contributed by atoms with Crippen molar-refractivity contribution in [2.75, 3.05) is 4.72 Å². The molecule has 1 heterocycles. The lowest BCUT2D eigenvalue weighted by molar-refractivity contribution is 0.600. The van der Waals surface area contributed by atoms with Gasteiger partial charge in [-0.05, 0) is 43.2 Å². The van der Waals surface area contributed by atoms with E-state index < -0.39 is 10.0 Å². The number of anilines is 1. The van der Waals surface area contributed by atoms with Crippen LogP contribution in [0, 0.1) is 5.82 Å². The monoisotopic (exact) mass is 331 g/mol. The highest BCUT2D eigenvalue weighted by Gasteiger charge is 2.35. The highest BCUT2D eigenvalue weighted by Crippen LogP contribution is 2.31. The Morgan fingerprint density at radius 3 is 2.57 bits per heavy atom. The average molecular weight is 331 g/mol. The number of benzene rings is 2. The molecule has 0 amide bonds. The lowest BCUT2D eigenvalue weighted by Crippen LogP contribution is -2.17. The molecule has 0 spiro atoms. The number of aromatic nitrogens is 2. The fraction of sp³-hybridized carbons (Fsp3) is 0.188. The summed E-state index contributed by atoms with van der Waals surface area (Å²) >= 11 is 0. The van der Waals surface area contributed by atoms with Crippen molar-refractivity contribution >= 4 is 26.6 Å². The molecular formula is C16H14FN3O2S. The van der Waals surface area contributed by atoms with Crippen LogP contribution in [0.15, 0.2) is 42.5 Å². The van der Waals surface area contributed by atoms with Gasteiger partial charge in [0.05, 0.1) is 16.5 Å².